The van der Waals surface area contributed by atoms with Gasteiger partial charge in [-0.15, -0.1) is 11.6 Å². The van der Waals surface area contributed by atoms with Crippen molar-refractivity contribution in [1.82, 2.24) is 14.5 Å². The van der Waals surface area contributed by atoms with Crippen LogP contribution in [-0.2, 0) is 15.0 Å². The van der Waals surface area contributed by atoms with E-state index in [1.807, 2.05) is 10.8 Å². The van der Waals surface area contributed by atoms with Crippen molar-refractivity contribution in [2.45, 2.75) is 109 Å². The van der Waals surface area contributed by atoms with Gasteiger partial charge in [-0.25, -0.2) is 4.98 Å². The molecule has 1 saturated heterocycles. The summed E-state index contributed by atoms with van der Waals surface area (Å²) in [5.74, 6) is 0.794. The first kappa shape index (κ1) is 28.9. The molecule has 198 valence electrons. The van der Waals surface area contributed by atoms with Crippen LogP contribution in [-0.4, -0.2) is 55.0 Å². The maximum absolute atomic E-state index is 10.1. The molecule has 1 fully saturated rings. The van der Waals surface area contributed by atoms with Gasteiger partial charge in [-0.05, 0) is 28.7 Å². The van der Waals surface area contributed by atoms with Gasteiger partial charge in [0.2, 0.25) is 5.95 Å². The minimum absolute atomic E-state index is 0.0576. The number of ether oxygens (including phenoxy) is 1. The number of fused-ring (bicyclic) bond motifs is 1. The minimum atomic E-state index is -2.05. The molecule has 2 aromatic rings. The van der Waals surface area contributed by atoms with Crippen LogP contribution >= 0.6 is 23.2 Å². The Hall–Kier alpha value is -0.686. The molecule has 11 heteroatoms. The third kappa shape index (κ3) is 5.76. The van der Waals surface area contributed by atoms with Crippen LogP contribution in [0.1, 0.15) is 59.8 Å². The Morgan fingerprint density at radius 3 is 2.29 bits per heavy atom. The lowest BCUT2D eigenvalue weighted by molar-refractivity contribution is -0.0409. The lowest BCUT2D eigenvalue weighted by atomic mass is 10.2. The fraction of sp³-hybridized carbons (Fsp3) is 0.750. The zero-order chi connectivity index (χ0) is 26.6. The number of aromatic nitrogens is 3. The van der Waals surface area contributed by atoms with Gasteiger partial charge in [0.1, 0.15) is 23.1 Å². The van der Waals surface area contributed by atoms with Crippen molar-refractivity contribution in [2.75, 3.05) is 11.6 Å². The van der Waals surface area contributed by atoms with Gasteiger partial charge >= 0.3 is 0 Å². The lowest BCUT2D eigenvalue weighted by Crippen LogP contribution is -2.46. The van der Waals surface area contributed by atoms with Crippen LogP contribution in [0.25, 0.3) is 11.0 Å². The van der Waals surface area contributed by atoms with E-state index in [2.05, 4.69) is 77.7 Å². The van der Waals surface area contributed by atoms with Crippen molar-refractivity contribution in [3.05, 3.63) is 16.9 Å². The highest BCUT2D eigenvalue weighted by atomic mass is 35.5. The molecule has 0 aromatic carbocycles. The minimum Gasteiger partial charge on any atom is -0.411 e. The standard InChI is InChI=1S/C24H42Cl2N4O3Si2/c1-23(2,3)34(7,8)29-22-27-20(26)19-15(12-25)13-30(21(19)28-22)18-11-16(17(14-31)32-18)33-35(9,10)24(4,5)6/h13,16-18,31H,11-12,14H2,1-10H3,(H,27,28,29)/t16-,17-,18-/m1/s1. The van der Waals surface area contributed by atoms with E-state index in [-0.39, 0.29) is 34.9 Å². The van der Waals surface area contributed by atoms with Crippen LogP contribution in [0.5, 0.6) is 0 Å². The largest absolute Gasteiger partial charge is 0.411 e. The van der Waals surface area contributed by atoms with Crippen molar-refractivity contribution >= 4 is 56.7 Å². The molecular formula is C24H42Cl2N4O3Si2. The van der Waals surface area contributed by atoms with Crippen LogP contribution in [0.15, 0.2) is 6.20 Å². The zero-order valence-corrected chi connectivity index (χ0v) is 26.3. The molecule has 0 radical (unpaired) electrons. The van der Waals surface area contributed by atoms with Gasteiger partial charge < -0.3 is 23.8 Å². The van der Waals surface area contributed by atoms with Gasteiger partial charge in [0.05, 0.1) is 18.1 Å². The number of halogens is 2. The number of hydrogen-bond acceptors (Lipinski definition) is 6. The number of aliphatic hydroxyl groups is 1. The summed E-state index contributed by atoms with van der Waals surface area (Å²) in [6, 6.07) is 0. The number of aliphatic hydroxyl groups excluding tert-OH is 1. The second kappa shape index (κ2) is 9.89. The van der Waals surface area contributed by atoms with E-state index in [1.54, 1.807) is 0 Å². The monoisotopic (exact) mass is 560 g/mol. The van der Waals surface area contributed by atoms with Crippen LogP contribution in [0.4, 0.5) is 5.95 Å². The van der Waals surface area contributed by atoms with E-state index in [0.717, 1.165) is 10.9 Å². The number of anilines is 1. The highest BCUT2D eigenvalue weighted by Gasteiger charge is 2.45. The van der Waals surface area contributed by atoms with Crippen molar-refractivity contribution in [3.8, 4) is 0 Å². The predicted molar refractivity (Wildman–Crippen MR) is 151 cm³/mol. The smallest absolute Gasteiger partial charge is 0.218 e. The maximum atomic E-state index is 10.1. The number of nitrogens with one attached hydrogen (secondary N) is 1. The molecule has 2 N–H and O–H groups in total. The third-order valence-electron chi connectivity index (χ3n) is 8.07. The molecule has 3 heterocycles. The summed E-state index contributed by atoms with van der Waals surface area (Å²) in [7, 11) is -3.98. The molecule has 7 nitrogen and oxygen atoms in total. The highest BCUT2D eigenvalue weighted by Crippen LogP contribution is 2.43. The fourth-order valence-electron chi connectivity index (χ4n) is 3.74. The molecule has 1 aliphatic rings. The van der Waals surface area contributed by atoms with Crippen LogP contribution in [0.2, 0.25) is 41.4 Å². The third-order valence-corrected chi connectivity index (χ3v) is 17.7. The van der Waals surface area contributed by atoms with Gasteiger partial charge in [-0.3, -0.25) is 0 Å². The average Bonchev–Trinajstić information content (AvgIpc) is 3.26. The molecule has 0 saturated carbocycles. The van der Waals surface area contributed by atoms with Crippen molar-refractivity contribution in [3.63, 3.8) is 0 Å². The molecule has 0 unspecified atom stereocenters. The van der Waals surface area contributed by atoms with E-state index in [4.69, 9.17) is 37.3 Å². The lowest BCUT2D eigenvalue weighted by Gasteiger charge is -2.39. The molecule has 0 bridgehead atoms. The summed E-state index contributed by atoms with van der Waals surface area (Å²) in [5, 5.41) is 11.3. The Balaban J connectivity index is 2.01. The predicted octanol–water partition coefficient (Wildman–Crippen LogP) is 6.91. The average molecular weight is 562 g/mol. The quantitative estimate of drug-likeness (QED) is 0.217. The van der Waals surface area contributed by atoms with Crippen LogP contribution in [0, 0.1) is 0 Å². The number of rotatable bonds is 7. The molecule has 2 aromatic heterocycles. The molecule has 0 aliphatic carbocycles. The van der Waals surface area contributed by atoms with Gasteiger partial charge in [0.25, 0.3) is 0 Å². The van der Waals surface area contributed by atoms with Gasteiger partial charge in [-0.1, -0.05) is 66.2 Å². The van der Waals surface area contributed by atoms with E-state index in [1.165, 1.54) is 0 Å². The summed E-state index contributed by atoms with van der Waals surface area (Å²) >= 11 is 13.0. The molecule has 3 rings (SSSR count). The summed E-state index contributed by atoms with van der Waals surface area (Å²) < 4.78 is 15.0. The van der Waals surface area contributed by atoms with Crippen LogP contribution in [0.3, 0.4) is 0 Å². The fourth-order valence-corrected chi connectivity index (χ4v) is 6.63. The first-order chi connectivity index (χ1) is 15.9. The molecule has 3 atom stereocenters. The Labute approximate surface area is 222 Å². The van der Waals surface area contributed by atoms with Crippen molar-refractivity contribution in [2.24, 2.45) is 0 Å². The summed E-state index contributed by atoms with van der Waals surface area (Å²) in [6.07, 6.45) is 1.59. The zero-order valence-electron chi connectivity index (χ0n) is 22.8. The molecule has 1 aliphatic heterocycles. The molecular weight excluding hydrogens is 519 g/mol. The van der Waals surface area contributed by atoms with Gasteiger partial charge in [0.15, 0.2) is 16.6 Å². The second-order valence-electron chi connectivity index (χ2n) is 12.7. The number of alkyl halides is 1. The van der Waals surface area contributed by atoms with Crippen LogP contribution < -0.4 is 4.98 Å². The Morgan fingerprint density at radius 2 is 1.77 bits per heavy atom. The number of nitrogens with zero attached hydrogens (tertiary/aromatic N) is 3. The Morgan fingerprint density at radius 1 is 1.14 bits per heavy atom. The summed E-state index contributed by atoms with van der Waals surface area (Å²) in [6.45, 7) is 22.2. The van der Waals surface area contributed by atoms with Crippen molar-refractivity contribution < 1.29 is 14.3 Å². The van der Waals surface area contributed by atoms with Gasteiger partial charge in [-0.2, -0.15) is 4.98 Å². The Kier molecular flexibility index (Phi) is 8.16. The first-order valence-electron chi connectivity index (χ1n) is 12.3. The highest BCUT2D eigenvalue weighted by molar-refractivity contribution is 6.82. The molecule has 35 heavy (non-hydrogen) atoms. The normalized spacial score (nSPS) is 22.3. The Bertz CT molecular complexity index is 1060. The topological polar surface area (TPSA) is 81.4 Å². The van der Waals surface area contributed by atoms with E-state index in [0.29, 0.717) is 23.2 Å². The molecule has 0 spiro atoms. The first-order valence-corrected chi connectivity index (χ1v) is 19.1. The summed E-state index contributed by atoms with van der Waals surface area (Å²) in [4.78, 5) is 13.1. The van der Waals surface area contributed by atoms with E-state index >= 15 is 0 Å². The van der Waals surface area contributed by atoms with Crippen molar-refractivity contribution in [1.29, 1.82) is 0 Å². The maximum Gasteiger partial charge on any atom is 0.218 e. The van der Waals surface area contributed by atoms with E-state index in [9.17, 15) is 5.11 Å². The molecule has 0 amide bonds. The van der Waals surface area contributed by atoms with Gasteiger partial charge in [0, 0.05) is 18.5 Å². The number of hydrogen-bond donors (Lipinski definition) is 2. The SMILES string of the molecule is CC(C)(C)[Si](C)(C)Nc1nc(Cl)c2c(CCl)cn([C@H]3C[C@@H](O[Si](C)(C)C(C)(C)C)[C@@H](CO)O3)c2n1. The summed E-state index contributed by atoms with van der Waals surface area (Å²) in [5.41, 5.74) is 1.53. The second-order valence-corrected chi connectivity index (χ2v) is 23.1. The van der Waals surface area contributed by atoms with E-state index < -0.39 is 22.7 Å².